The van der Waals surface area contributed by atoms with Gasteiger partial charge in [0, 0.05) is 6.42 Å². The van der Waals surface area contributed by atoms with Crippen LogP contribution in [0.15, 0.2) is 36.5 Å². The summed E-state index contributed by atoms with van der Waals surface area (Å²) in [4.78, 5) is 12.7. The molecule has 0 spiro atoms. The number of allylic oxidation sites excluding steroid dienone is 5. The number of hydrogen-bond acceptors (Lipinski definition) is 8. The van der Waals surface area contributed by atoms with Crippen molar-refractivity contribution in [3.05, 3.63) is 36.5 Å². The van der Waals surface area contributed by atoms with E-state index in [1.165, 1.54) is 51.4 Å². The zero-order valence-corrected chi connectivity index (χ0v) is 26.0. The van der Waals surface area contributed by atoms with Crippen LogP contribution in [0.5, 0.6) is 0 Å². The highest BCUT2D eigenvalue weighted by atomic mass is 16.7. The molecule has 0 radical (unpaired) electrons. The van der Waals surface area contributed by atoms with E-state index in [1.54, 1.807) is 6.08 Å². The lowest BCUT2D eigenvalue weighted by Crippen LogP contribution is -2.60. The van der Waals surface area contributed by atoms with Crippen molar-refractivity contribution in [3.63, 3.8) is 0 Å². The number of amides is 1. The lowest BCUT2D eigenvalue weighted by atomic mass is 9.99. The second kappa shape index (κ2) is 24.8. The van der Waals surface area contributed by atoms with Crippen LogP contribution in [0.2, 0.25) is 0 Å². The zero-order valence-electron chi connectivity index (χ0n) is 26.0. The van der Waals surface area contributed by atoms with Gasteiger partial charge in [-0.15, -0.1) is 0 Å². The third kappa shape index (κ3) is 16.9. The van der Waals surface area contributed by atoms with Crippen LogP contribution in [-0.4, -0.2) is 87.5 Å². The molecular weight excluding hydrogens is 538 g/mol. The van der Waals surface area contributed by atoms with Crippen LogP contribution < -0.4 is 5.32 Å². The highest BCUT2D eigenvalue weighted by molar-refractivity contribution is 5.76. The molecule has 244 valence electrons. The van der Waals surface area contributed by atoms with E-state index in [-0.39, 0.29) is 18.9 Å². The predicted octanol–water partition coefficient (Wildman–Crippen LogP) is 4.21. The molecule has 1 aliphatic rings. The van der Waals surface area contributed by atoms with Crippen molar-refractivity contribution >= 4 is 5.91 Å². The lowest BCUT2D eigenvalue weighted by molar-refractivity contribution is -0.302. The fourth-order valence-corrected chi connectivity index (χ4v) is 4.70. The summed E-state index contributed by atoms with van der Waals surface area (Å²) < 4.78 is 11.0. The first-order valence-electron chi connectivity index (χ1n) is 16.2. The quantitative estimate of drug-likeness (QED) is 0.0716. The van der Waals surface area contributed by atoms with Gasteiger partial charge >= 0.3 is 0 Å². The maximum Gasteiger partial charge on any atom is 0.220 e. The predicted molar refractivity (Wildman–Crippen MR) is 166 cm³/mol. The minimum Gasteiger partial charge on any atom is -0.394 e. The lowest BCUT2D eigenvalue weighted by Gasteiger charge is -2.40. The molecule has 1 fully saturated rings. The standard InChI is InChI=1S/C33H59NO8/c1-3-5-7-9-11-13-15-16-18-20-22-27(36)26(25-41-33-32(40)31(39)30(38)28(24-35)42-33)34-29(37)23-21-19-17-14-12-10-8-6-4-2/h13-15,17,20,22,26-28,30-33,35-36,38-40H,3-12,16,18-19,21,23-25H2,1-2H3,(H,34,37)/b15-13+,17-14-,22-20+. The fraction of sp³-hybridized carbons (Fsp3) is 0.788. The minimum absolute atomic E-state index is 0.213. The van der Waals surface area contributed by atoms with Gasteiger partial charge in [0.05, 0.1) is 25.4 Å². The van der Waals surface area contributed by atoms with E-state index < -0.39 is 49.5 Å². The molecule has 1 aliphatic heterocycles. The monoisotopic (exact) mass is 597 g/mol. The van der Waals surface area contributed by atoms with E-state index in [4.69, 9.17) is 9.47 Å². The van der Waals surface area contributed by atoms with Crippen molar-refractivity contribution in [2.45, 2.75) is 153 Å². The number of rotatable bonds is 24. The molecule has 0 aromatic heterocycles. The first kappa shape index (κ1) is 38.4. The molecule has 42 heavy (non-hydrogen) atoms. The molecule has 0 aliphatic carbocycles. The smallest absolute Gasteiger partial charge is 0.220 e. The molecule has 1 saturated heterocycles. The van der Waals surface area contributed by atoms with E-state index in [0.29, 0.717) is 6.42 Å². The van der Waals surface area contributed by atoms with Crippen molar-refractivity contribution in [3.8, 4) is 0 Å². The molecule has 1 rings (SSSR count). The molecule has 7 atom stereocenters. The maximum atomic E-state index is 12.7. The summed E-state index contributed by atoms with van der Waals surface area (Å²) in [7, 11) is 0. The van der Waals surface area contributed by atoms with Crippen molar-refractivity contribution in [2.75, 3.05) is 13.2 Å². The average Bonchev–Trinajstić information content (AvgIpc) is 2.98. The third-order valence-electron chi connectivity index (χ3n) is 7.44. The Hall–Kier alpha value is -1.59. The number of carbonyl (C=O) groups is 1. The topological polar surface area (TPSA) is 149 Å². The summed E-state index contributed by atoms with van der Waals surface area (Å²) >= 11 is 0. The van der Waals surface area contributed by atoms with Gasteiger partial charge in [0.25, 0.3) is 0 Å². The number of ether oxygens (including phenoxy) is 2. The largest absolute Gasteiger partial charge is 0.394 e. The average molecular weight is 598 g/mol. The number of hydrogen-bond donors (Lipinski definition) is 6. The number of carbonyl (C=O) groups excluding carboxylic acids is 1. The minimum atomic E-state index is -1.57. The summed E-state index contributed by atoms with van der Waals surface area (Å²) in [6.45, 7) is 3.60. The highest BCUT2D eigenvalue weighted by Gasteiger charge is 2.44. The summed E-state index contributed by atoms with van der Waals surface area (Å²) in [6, 6.07) is -0.829. The molecule has 9 nitrogen and oxygen atoms in total. The van der Waals surface area contributed by atoms with Gasteiger partial charge in [-0.1, -0.05) is 88.8 Å². The Morgan fingerprint density at radius 1 is 0.786 bits per heavy atom. The van der Waals surface area contributed by atoms with Crippen LogP contribution in [0.4, 0.5) is 0 Å². The van der Waals surface area contributed by atoms with Crippen LogP contribution in [0.3, 0.4) is 0 Å². The van der Waals surface area contributed by atoms with Gasteiger partial charge < -0.3 is 40.3 Å². The molecule has 0 bridgehead atoms. The Morgan fingerprint density at radius 2 is 1.36 bits per heavy atom. The molecule has 9 heteroatoms. The van der Waals surface area contributed by atoms with Gasteiger partial charge in [0.1, 0.15) is 24.4 Å². The van der Waals surface area contributed by atoms with Crippen LogP contribution in [-0.2, 0) is 14.3 Å². The van der Waals surface area contributed by atoms with E-state index in [1.807, 2.05) is 6.08 Å². The van der Waals surface area contributed by atoms with Gasteiger partial charge in [-0.2, -0.15) is 0 Å². The van der Waals surface area contributed by atoms with Gasteiger partial charge in [-0.25, -0.2) is 0 Å². The first-order valence-corrected chi connectivity index (χ1v) is 16.2. The molecular formula is C33H59NO8. The Labute approximate surface area is 253 Å². The summed E-state index contributed by atoms with van der Waals surface area (Å²) in [5, 5.41) is 53.4. The zero-order chi connectivity index (χ0) is 31.0. The van der Waals surface area contributed by atoms with E-state index in [0.717, 1.165) is 32.1 Å². The Morgan fingerprint density at radius 3 is 1.95 bits per heavy atom. The SMILES string of the molecule is CCCCCC/C=C\CCCC(=O)NC(COC1OC(CO)C(O)C(O)C1O)C(O)/C=C/CC/C=C/CCCCCC. The summed E-state index contributed by atoms with van der Waals surface area (Å²) in [5.41, 5.74) is 0. The molecule has 0 saturated carbocycles. The number of aliphatic hydroxyl groups excluding tert-OH is 5. The first-order chi connectivity index (χ1) is 20.3. The van der Waals surface area contributed by atoms with Crippen molar-refractivity contribution in [2.24, 2.45) is 0 Å². The number of nitrogens with one attached hydrogen (secondary N) is 1. The normalized spacial score (nSPS) is 24.6. The van der Waals surface area contributed by atoms with E-state index in [9.17, 15) is 30.3 Å². The molecule has 0 aromatic carbocycles. The summed E-state index contributed by atoms with van der Waals surface area (Å²) in [6.07, 6.45) is 19.3. The van der Waals surface area contributed by atoms with Crippen molar-refractivity contribution in [1.29, 1.82) is 0 Å². The maximum absolute atomic E-state index is 12.7. The van der Waals surface area contributed by atoms with E-state index in [2.05, 4.69) is 43.5 Å². The molecule has 6 N–H and O–H groups in total. The van der Waals surface area contributed by atoms with E-state index >= 15 is 0 Å². The third-order valence-corrected chi connectivity index (χ3v) is 7.44. The van der Waals surface area contributed by atoms with Crippen LogP contribution >= 0.6 is 0 Å². The van der Waals surface area contributed by atoms with Gasteiger partial charge in [0.2, 0.25) is 5.91 Å². The molecule has 7 unspecified atom stereocenters. The Balaban J connectivity index is 2.62. The second-order valence-electron chi connectivity index (χ2n) is 11.2. The van der Waals surface area contributed by atoms with Crippen LogP contribution in [0, 0.1) is 0 Å². The molecule has 1 amide bonds. The van der Waals surface area contributed by atoms with Crippen molar-refractivity contribution in [1.82, 2.24) is 5.32 Å². The Kier molecular flexibility index (Phi) is 22.7. The second-order valence-corrected chi connectivity index (χ2v) is 11.2. The molecule has 1 heterocycles. The van der Waals surface area contributed by atoms with Gasteiger partial charge in [0.15, 0.2) is 6.29 Å². The van der Waals surface area contributed by atoms with Crippen molar-refractivity contribution < 1.29 is 39.8 Å². The molecule has 0 aromatic rings. The highest BCUT2D eigenvalue weighted by Crippen LogP contribution is 2.22. The van der Waals surface area contributed by atoms with Gasteiger partial charge in [-0.3, -0.25) is 4.79 Å². The van der Waals surface area contributed by atoms with Crippen LogP contribution in [0.25, 0.3) is 0 Å². The number of unbranched alkanes of at least 4 members (excludes halogenated alkanes) is 10. The van der Waals surface area contributed by atoms with Gasteiger partial charge in [-0.05, 0) is 51.4 Å². The Bertz CT molecular complexity index is 756. The fourth-order valence-electron chi connectivity index (χ4n) is 4.70. The van der Waals surface area contributed by atoms with Crippen LogP contribution in [0.1, 0.15) is 110 Å². The summed E-state index contributed by atoms with van der Waals surface area (Å²) in [5.74, 6) is -0.229. The number of aliphatic hydroxyl groups is 5.